The molecule has 144 valence electrons. The topological polar surface area (TPSA) is 55.8 Å². The highest BCUT2D eigenvalue weighted by molar-refractivity contribution is 6.74. The average molecular weight is 378 g/mol. The molecule has 1 heterocycles. The number of carbonyl (C=O) groups is 2. The van der Waals surface area contributed by atoms with E-state index in [1.54, 1.807) is 14.0 Å². The van der Waals surface area contributed by atoms with Crippen LogP contribution in [0.2, 0.25) is 18.1 Å². The standard InChI is InChI=1S/C20H31NO4Si/c1-8-24-19(23)18-16(13-17(22)21(18)5)14-9-11-15(12-10-14)25-26(6,7)20(2,3)4/h9-12,16,18H,8,13H2,1-7H3/t16-,18-/m1/s1. The normalized spacial score (nSPS) is 21.0. The summed E-state index contributed by atoms with van der Waals surface area (Å²) in [6.45, 7) is 13.1. The van der Waals surface area contributed by atoms with E-state index in [1.807, 2.05) is 24.3 Å². The summed E-state index contributed by atoms with van der Waals surface area (Å²) in [7, 11) is -0.230. The molecule has 0 N–H and O–H groups in total. The maximum absolute atomic E-state index is 12.3. The smallest absolute Gasteiger partial charge is 0.329 e. The molecule has 2 rings (SSSR count). The lowest BCUT2D eigenvalue weighted by atomic mass is 9.91. The summed E-state index contributed by atoms with van der Waals surface area (Å²) in [4.78, 5) is 26.0. The average Bonchev–Trinajstić information content (AvgIpc) is 2.82. The van der Waals surface area contributed by atoms with Gasteiger partial charge in [0.25, 0.3) is 0 Å². The monoisotopic (exact) mass is 377 g/mol. The third kappa shape index (κ3) is 4.11. The highest BCUT2D eigenvalue weighted by atomic mass is 28.4. The fraction of sp³-hybridized carbons (Fsp3) is 0.600. The molecule has 1 amide bonds. The van der Waals surface area contributed by atoms with E-state index in [9.17, 15) is 9.59 Å². The van der Waals surface area contributed by atoms with Crippen LogP contribution < -0.4 is 4.43 Å². The molecular weight excluding hydrogens is 346 g/mol. The van der Waals surface area contributed by atoms with Gasteiger partial charge in [0.2, 0.25) is 14.2 Å². The Morgan fingerprint density at radius 1 is 1.23 bits per heavy atom. The summed E-state index contributed by atoms with van der Waals surface area (Å²) in [5, 5.41) is 0.126. The molecule has 1 saturated heterocycles. The summed E-state index contributed by atoms with van der Waals surface area (Å²) in [6.07, 6.45) is 0.322. The molecule has 1 fully saturated rings. The maximum Gasteiger partial charge on any atom is 0.329 e. The number of hydrogen-bond acceptors (Lipinski definition) is 4. The van der Waals surface area contributed by atoms with E-state index in [1.165, 1.54) is 4.90 Å². The number of benzene rings is 1. The molecule has 1 aromatic carbocycles. The summed E-state index contributed by atoms with van der Waals surface area (Å²) >= 11 is 0. The van der Waals surface area contributed by atoms with Gasteiger partial charge in [-0.2, -0.15) is 0 Å². The highest BCUT2D eigenvalue weighted by Crippen LogP contribution is 2.38. The predicted octanol–water partition coefficient (Wildman–Crippen LogP) is 3.95. The third-order valence-corrected chi connectivity index (χ3v) is 9.96. The Labute approximate surface area is 157 Å². The van der Waals surface area contributed by atoms with E-state index in [0.717, 1.165) is 11.3 Å². The molecule has 2 atom stereocenters. The zero-order valence-corrected chi connectivity index (χ0v) is 18.0. The van der Waals surface area contributed by atoms with Crippen LogP contribution >= 0.6 is 0 Å². The molecule has 0 spiro atoms. The van der Waals surface area contributed by atoms with E-state index in [-0.39, 0.29) is 22.8 Å². The predicted molar refractivity (Wildman–Crippen MR) is 105 cm³/mol. The van der Waals surface area contributed by atoms with Crippen molar-refractivity contribution in [1.29, 1.82) is 0 Å². The van der Waals surface area contributed by atoms with Crippen LogP contribution in [-0.4, -0.2) is 44.8 Å². The van der Waals surface area contributed by atoms with Crippen molar-refractivity contribution >= 4 is 20.2 Å². The van der Waals surface area contributed by atoms with Gasteiger partial charge in [0.05, 0.1) is 6.61 Å². The van der Waals surface area contributed by atoms with Gasteiger partial charge in [0.15, 0.2) is 0 Å². The van der Waals surface area contributed by atoms with Crippen molar-refractivity contribution in [2.75, 3.05) is 13.7 Å². The second-order valence-electron chi connectivity index (χ2n) is 8.44. The Morgan fingerprint density at radius 2 is 1.81 bits per heavy atom. The molecule has 0 radical (unpaired) electrons. The summed E-state index contributed by atoms with van der Waals surface area (Å²) in [5.74, 6) is 0.279. The second-order valence-corrected chi connectivity index (χ2v) is 13.2. The van der Waals surface area contributed by atoms with Gasteiger partial charge in [0, 0.05) is 19.4 Å². The van der Waals surface area contributed by atoms with Crippen LogP contribution in [0.25, 0.3) is 0 Å². The lowest BCUT2D eigenvalue weighted by Crippen LogP contribution is -2.43. The van der Waals surface area contributed by atoms with Crippen molar-refractivity contribution in [3.05, 3.63) is 29.8 Å². The first-order chi connectivity index (χ1) is 12.0. The highest BCUT2D eigenvalue weighted by Gasteiger charge is 2.44. The van der Waals surface area contributed by atoms with E-state index in [4.69, 9.17) is 9.16 Å². The molecule has 26 heavy (non-hydrogen) atoms. The number of esters is 1. The quantitative estimate of drug-likeness (QED) is 0.576. The SMILES string of the molecule is CCOC(=O)[C@H]1[C@@H](c2ccc(O[Si](C)(C)C(C)(C)C)cc2)CC(=O)N1C. The van der Waals surface area contributed by atoms with Gasteiger partial charge in [-0.1, -0.05) is 32.9 Å². The van der Waals surface area contributed by atoms with Crippen LogP contribution in [0, 0.1) is 0 Å². The van der Waals surface area contributed by atoms with E-state index < -0.39 is 14.4 Å². The maximum atomic E-state index is 12.3. The molecule has 0 unspecified atom stereocenters. The molecule has 0 aromatic heterocycles. The first-order valence-corrected chi connectivity index (χ1v) is 12.1. The van der Waals surface area contributed by atoms with Gasteiger partial charge in [-0.25, -0.2) is 4.79 Å². The molecule has 6 heteroatoms. The van der Waals surface area contributed by atoms with Crippen LogP contribution in [0.5, 0.6) is 5.75 Å². The first-order valence-electron chi connectivity index (χ1n) is 9.19. The molecular formula is C20H31NO4Si. The van der Waals surface area contributed by atoms with Crippen molar-refractivity contribution in [2.45, 2.75) is 64.2 Å². The Hall–Kier alpha value is -1.82. The van der Waals surface area contributed by atoms with Crippen LogP contribution in [0.3, 0.4) is 0 Å². The molecule has 1 aliphatic heterocycles. The summed E-state index contributed by atoms with van der Waals surface area (Å²) in [6, 6.07) is 7.26. The molecule has 5 nitrogen and oxygen atoms in total. The van der Waals surface area contributed by atoms with Gasteiger partial charge in [-0.15, -0.1) is 0 Å². The van der Waals surface area contributed by atoms with Crippen molar-refractivity contribution in [1.82, 2.24) is 4.90 Å². The van der Waals surface area contributed by atoms with Gasteiger partial charge < -0.3 is 14.1 Å². The van der Waals surface area contributed by atoms with E-state index >= 15 is 0 Å². The minimum absolute atomic E-state index is 0.0327. The zero-order chi connectivity index (χ0) is 19.7. The molecule has 0 aliphatic carbocycles. The van der Waals surface area contributed by atoms with Gasteiger partial charge in [0.1, 0.15) is 11.8 Å². The number of likely N-dealkylation sites (N-methyl/N-ethyl adjacent to an activating group) is 1. The van der Waals surface area contributed by atoms with Crippen molar-refractivity contribution in [3.8, 4) is 5.75 Å². The largest absolute Gasteiger partial charge is 0.544 e. The fourth-order valence-electron chi connectivity index (χ4n) is 2.95. The van der Waals surface area contributed by atoms with Crippen LogP contribution in [-0.2, 0) is 14.3 Å². The van der Waals surface area contributed by atoms with E-state index in [2.05, 4.69) is 33.9 Å². The molecule has 0 saturated carbocycles. The number of rotatable bonds is 5. The Kier molecular flexibility index (Phi) is 5.85. The number of likely N-dealkylation sites (tertiary alicyclic amines) is 1. The molecule has 1 aromatic rings. The Balaban J connectivity index is 2.21. The fourth-order valence-corrected chi connectivity index (χ4v) is 3.98. The van der Waals surface area contributed by atoms with Gasteiger partial charge in [-0.3, -0.25) is 4.79 Å². The number of nitrogens with zero attached hydrogens (tertiary/aromatic N) is 1. The Bertz CT molecular complexity index is 663. The zero-order valence-electron chi connectivity index (χ0n) is 17.0. The van der Waals surface area contributed by atoms with Gasteiger partial charge >= 0.3 is 5.97 Å². The van der Waals surface area contributed by atoms with Gasteiger partial charge in [-0.05, 0) is 42.8 Å². The summed E-state index contributed by atoms with van der Waals surface area (Å²) in [5.41, 5.74) is 0.961. The van der Waals surface area contributed by atoms with Crippen molar-refractivity contribution < 1.29 is 18.8 Å². The minimum atomic E-state index is -1.90. The molecule has 0 bridgehead atoms. The second kappa shape index (κ2) is 7.43. The number of carbonyl (C=O) groups excluding carboxylic acids is 2. The van der Waals surface area contributed by atoms with Crippen molar-refractivity contribution in [3.63, 3.8) is 0 Å². The lowest BCUT2D eigenvalue weighted by Gasteiger charge is -2.36. The van der Waals surface area contributed by atoms with E-state index in [0.29, 0.717) is 13.0 Å². The first kappa shape index (κ1) is 20.5. The minimum Gasteiger partial charge on any atom is -0.544 e. The van der Waals surface area contributed by atoms with Crippen LogP contribution in [0.15, 0.2) is 24.3 Å². The number of amides is 1. The third-order valence-electron chi connectivity index (χ3n) is 5.60. The van der Waals surface area contributed by atoms with Crippen LogP contribution in [0.1, 0.15) is 45.6 Å². The van der Waals surface area contributed by atoms with Crippen LogP contribution in [0.4, 0.5) is 0 Å². The number of hydrogen-bond donors (Lipinski definition) is 0. The molecule has 1 aliphatic rings. The Morgan fingerprint density at radius 3 is 2.31 bits per heavy atom. The summed E-state index contributed by atoms with van der Waals surface area (Å²) < 4.78 is 11.5. The number of ether oxygens (including phenoxy) is 1. The lowest BCUT2D eigenvalue weighted by molar-refractivity contribution is -0.150. The van der Waals surface area contributed by atoms with Crippen molar-refractivity contribution in [2.24, 2.45) is 0 Å².